The van der Waals surface area contributed by atoms with Crippen LogP contribution in [0.15, 0.2) is 41.8 Å². The second-order valence-corrected chi connectivity index (χ2v) is 5.89. The van der Waals surface area contributed by atoms with E-state index in [2.05, 4.69) is 10.1 Å². The third-order valence-electron chi connectivity index (χ3n) is 3.29. The van der Waals surface area contributed by atoms with Crippen molar-refractivity contribution in [2.75, 3.05) is 11.9 Å². The van der Waals surface area contributed by atoms with Crippen LogP contribution in [0.3, 0.4) is 0 Å². The molecular formula is C16H14F3NO4S. The summed E-state index contributed by atoms with van der Waals surface area (Å²) in [6, 6.07) is 7.43. The van der Waals surface area contributed by atoms with E-state index in [1.54, 1.807) is 17.5 Å². The first kappa shape index (κ1) is 18.9. The predicted molar refractivity (Wildman–Crippen MR) is 85.3 cm³/mol. The number of thiophene rings is 1. The summed E-state index contributed by atoms with van der Waals surface area (Å²) < 4.78 is 44.1. The monoisotopic (exact) mass is 373 g/mol. The lowest BCUT2D eigenvalue weighted by Gasteiger charge is -2.28. The number of esters is 1. The first-order valence-electron chi connectivity index (χ1n) is 7.12. The number of hydrogen-bond donors (Lipinski definition) is 2. The smallest absolute Gasteiger partial charge is 0.432 e. The second kappa shape index (κ2) is 7.24. The Hall–Kier alpha value is -2.39. The standard InChI is InChI=1S/C16H14F3NO4S/c1-2-24-14(22)15(23,16(17,18)19)10-5-7-11(8-6-10)20-13(21)12-4-3-9-25-12/h3-9,23H,2H2,1H3,(H,20,21)/t15-/m1/s1. The Labute approximate surface area is 145 Å². The number of nitrogens with one attached hydrogen (secondary N) is 1. The number of alkyl halides is 3. The largest absolute Gasteiger partial charge is 0.463 e. The number of carbonyl (C=O) groups is 2. The van der Waals surface area contributed by atoms with E-state index >= 15 is 0 Å². The SMILES string of the molecule is CCOC(=O)[C@](O)(c1ccc(NC(=O)c2cccs2)cc1)C(F)(F)F. The van der Waals surface area contributed by atoms with Gasteiger partial charge in [0.15, 0.2) is 0 Å². The number of rotatable bonds is 5. The molecule has 0 fully saturated rings. The summed E-state index contributed by atoms with van der Waals surface area (Å²) in [6.07, 6.45) is -5.26. The minimum absolute atomic E-state index is 0.218. The maximum atomic E-state index is 13.2. The highest BCUT2D eigenvalue weighted by atomic mass is 32.1. The Morgan fingerprint density at radius 2 is 1.84 bits per heavy atom. The third kappa shape index (κ3) is 3.83. The quantitative estimate of drug-likeness (QED) is 0.789. The first-order chi connectivity index (χ1) is 11.7. The van der Waals surface area contributed by atoms with Crippen LogP contribution < -0.4 is 5.32 Å². The van der Waals surface area contributed by atoms with E-state index in [1.807, 2.05) is 0 Å². The maximum Gasteiger partial charge on any atom is 0.432 e. The molecule has 0 spiro atoms. The van der Waals surface area contributed by atoms with Crippen molar-refractivity contribution in [3.63, 3.8) is 0 Å². The Bertz CT molecular complexity index is 744. The fourth-order valence-corrected chi connectivity index (χ4v) is 2.65. The minimum Gasteiger partial charge on any atom is -0.463 e. The Kier molecular flexibility index (Phi) is 5.48. The van der Waals surface area contributed by atoms with Crippen molar-refractivity contribution >= 4 is 28.9 Å². The van der Waals surface area contributed by atoms with E-state index in [1.165, 1.54) is 18.3 Å². The van der Waals surface area contributed by atoms with Gasteiger partial charge in [-0.2, -0.15) is 13.2 Å². The van der Waals surface area contributed by atoms with Crippen molar-refractivity contribution in [3.05, 3.63) is 52.2 Å². The highest BCUT2D eigenvalue weighted by Gasteiger charge is 2.62. The van der Waals surface area contributed by atoms with Gasteiger partial charge in [0.05, 0.1) is 11.5 Å². The van der Waals surface area contributed by atoms with Gasteiger partial charge in [-0.05, 0) is 30.5 Å². The van der Waals surface area contributed by atoms with Crippen molar-refractivity contribution in [2.45, 2.75) is 18.7 Å². The number of anilines is 1. The molecule has 0 unspecified atom stereocenters. The minimum atomic E-state index is -5.26. The van der Waals surface area contributed by atoms with Gasteiger partial charge in [-0.25, -0.2) is 4.79 Å². The Morgan fingerprint density at radius 1 is 1.20 bits per heavy atom. The zero-order chi connectivity index (χ0) is 18.7. The van der Waals surface area contributed by atoms with Gasteiger partial charge in [0.25, 0.3) is 11.5 Å². The molecule has 0 saturated heterocycles. The highest BCUT2D eigenvalue weighted by molar-refractivity contribution is 7.12. The lowest BCUT2D eigenvalue weighted by Crippen LogP contribution is -2.50. The van der Waals surface area contributed by atoms with Gasteiger partial charge in [-0.3, -0.25) is 4.79 Å². The Morgan fingerprint density at radius 3 is 2.32 bits per heavy atom. The molecule has 0 aliphatic heterocycles. The number of carbonyl (C=O) groups excluding carboxylic acids is 2. The van der Waals surface area contributed by atoms with Crippen molar-refractivity contribution < 1.29 is 32.6 Å². The number of amides is 1. The topological polar surface area (TPSA) is 75.6 Å². The summed E-state index contributed by atoms with van der Waals surface area (Å²) in [5, 5.41) is 14.2. The van der Waals surface area contributed by atoms with Crippen LogP contribution in [0.4, 0.5) is 18.9 Å². The summed E-state index contributed by atoms with van der Waals surface area (Å²) in [5.74, 6) is -2.22. The van der Waals surface area contributed by atoms with Crippen molar-refractivity contribution in [3.8, 4) is 0 Å². The fourth-order valence-electron chi connectivity index (χ4n) is 2.03. The van der Waals surface area contributed by atoms with E-state index < -0.39 is 29.2 Å². The van der Waals surface area contributed by atoms with Crippen LogP contribution >= 0.6 is 11.3 Å². The molecule has 1 atom stereocenters. The van der Waals surface area contributed by atoms with Gasteiger partial charge in [0.2, 0.25) is 0 Å². The lowest BCUT2D eigenvalue weighted by atomic mass is 9.93. The molecule has 1 aromatic heterocycles. The third-order valence-corrected chi connectivity index (χ3v) is 4.16. The van der Waals surface area contributed by atoms with Crippen LogP contribution in [-0.4, -0.2) is 29.8 Å². The molecule has 1 amide bonds. The summed E-state index contributed by atoms with van der Waals surface area (Å²) >= 11 is 1.21. The van der Waals surface area contributed by atoms with E-state index in [4.69, 9.17) is 0 Å². The molecule has 0 aliphatic carbocycles. The molecular weight excluding hydrogens is 359 g/mol. The molecule has 1 aromatic carbocycles. The van der Waals surface area contributed by atoms with E-state index in [0.29, 0.717) is 4.88 Å². The second-order valence-electron chi connectivity index (χ2n) is 4.94. The van der Waals surface area contributed by atoms with Crippen LogP contribution in [0.5, 0.6) is 0 Å². The molecule has 0 radical (unpaired) electrons. The van der Waals surface area contributed by atoms with Crippen molar-refractivity contribution in [1.82, 2.24) is 0 Å². The zero-order valence-electron chi connectivity index (χ0n) is 13.0. The van der Waals surface area contributed by atoms with E-state index in [9.17, 15) is 27.9 Å². The van der Waals surface area contributed by atoms with Gasteiger partial charge in [0.1, 0.15) is 0 Å². The van der Waals surface area contributed by atoms with Gasteiger partial charge in [-0.1, -0.05) is 18.2 Å². The molecule has 1 heterocycles. The van der Waals surface area contributed by atoms with Gasteiger partial charge in [0, 0.05) is 11.3 Å². The normalized spacial score (nSPS) is 13.8. The van der Waals surface area contributed by atoms with Crippen molar-refractivity contribution in [1.29, 1.82) is 0 Å². The van der Waals surface area contributed by atoms with Crippen LogP contribution in [0, 0.1) is 0 Å². The highest BCUT2D eigenvalue weighted by Crippen LogP contribution is 2.40. The summed E-state index contributed by atoms with van der Waals surface area (Å²) in [4.78, 5) is 24.0. The average Bonchev–Trinajstić information content (AvgIpc) is 3.08. The molecule has 2 N–H and O–H groups in total. The molecule has 134 valence electrons. The average molecular weight is 373 g/mol. The van der Waals surface area contributed by atoms with Crippen molar-refractivity contribution in [2.24, 2.45) is 0 Å². The van der Waals surface area contributed by atoms with Crippen LogP contribution in [-0.2, 0) is 15.1 Å². The van der Waals surface area contributed by atoms with E-state index in [-0.39, 0.29) is 12.3 Å². The summed E-state index contributed by atoms with van der Waals surface area (Å²) in [7, 11) is 0. The fraction of sp³-hybridized carbons (Fsp3) is 0.250. The number of hydrogen-bond acceptors (Lipinski definition) is 5. The van der Waals surface area contributed by atoms with Gasteiger partial charge < -0.3 is 15.2 Å². The number of benzene rings is 1. The zero-order valence-corrected chi connectivity index (χ0v) is 13.8. The molecule has 5 nitrogen and oxygen atoms in total. The molecule has 0 saturated carbocycles. The lowest BCUT2D eigenvalue weighted by molar-refractivity contribution is -0.267. The van der Waals surface area contributed by atoms with Gasteiger partial charge >= 0.3 is 12.1 Å². The first-order valence-corrected chi connectivity index (χ1v) is 7.99. The maximum absolute atomic E-state index is 13.2. The van der Waals surface area contributed by atoms with Crippen LogP contribution in [0.2, 0.25) is 0 Å². The summed E-state index contributed by atoms with van der Waals surface area (Å²) in [5.41, 5.74) is -4.26. The van der Waals surface area contributed by atoms with E-state index in [0.717, 1.165) is 24.3 Å². The number of aliphatic hydroxyl groups is 1. The van der Waals surface area contributed by atoms with Gasteiger partial charge in [-0.15, -0.1) is 11.3 Å². The van der Waals surface area contributed by atoms with Crippen LogP contribution in [0.25, 0.3) is 0 Å². The predicted octanol–water partition coefficient (Wildman–Crippen LogP) is 3.31. The number of halogens is 3. The molecule has 0 aliphatic rings. The summed E-state index contributed by atoms with van der Waals surface area (Å²) in [6.45, 7) is 1.02. The molecule has 9 heteroatoms. The molecule has 2 aromatic rings. The molecule has 25 heavy (non-hydrogen) atoms. The molecule has 2 rings (SSSR count). The Balaban J connectivity index is 2.27. The molecule has 0 bridgehead atoms. The number of ether oxygens (including phenoxy) is 1. The van der Waals surface area contributed by atoms with Crippen LogP contribution in [0.1, 0.15) is 22.2 Å².